The third-order valence-electron chi connectivity index (χ3n) is 2.40. The van der Waals surface area contributed by atoms with Crippen molar-refractivity contribution in [1.82, 2.24) is 10.3 Å². The Kier molecular flexibility index (Phi) is 3.05. The van der Waals surface area contributed by atoms with Crippen molar-refractivity contribution >= 4 is 5.91 Å². The number of carbonyl (C=O) groups excluding carboxylic acids is 1. The highest BCUT2D eigenvalue weighted by atomic mass is 16.1. The number of hydrogen-bond donors (Lipinski definition) is 2. The molecule has 2 N–H and O–H groups in total. The summed E-state index contributed by atoms with van der Waals surface area (Å²) in [5.41, 5.74) is 2.87. The average Bonchev–Trinajstić information content (AvgIpc) is 2.78. The van der Waals surface area contributed by atoms with Crippen LogP contribution in [-0.2, 0) is 6.54 Å². The zero-order valence-electron chi connectivity index (χ0n) is 9.16. The fourth-order valence-corrected chi connectivity index (χ4v) is 1.54. The molecular weight excluding hydrogens is 200 g/mol. The third-order valence-corrected chi connectivity index (χ3v) is 2.40. The minimum absolute atomic E-state index is 0.0371. The number of rotatable bonds is 3. The van der Waals surface area contributed by atoms with Gasteiger partial charge in [-0.25, -0.2) is 0 Å². The second kappa shape index (κ2) is 4.66. The smallest absolute Gasteiger partial charge is 0.251 e. The molecule has 1 aromatic carbocycles. The number of aromatic amines is 1. The standard InChI is InChI=1S/C13H14N2O/c1-10-3-2-4-12(7-10)13(16)15-9-11-5-6-14-8-11/h2-8,14H,9H2,1H3,(H,15,16). The van der Waals surface area contributed by atoms with Gasteiger partial charge in [-0.1, -0.05) is 17.7 Å². The molecule has 2 aromatic rings. The van der Waals surface area contributed by atoms with E-state index in [-0.39, 0.29) is 5.91 Å². The van der Waals surface area contributed by atoms with Crippen LogP contribution in [0.25, 0.3) is 0 Å². The monoisotopic (exact) mass is 214 g/mol. The van der Waals surface area contributed by atoms with Gasteiger partial charge in [0.25, 0.3) is 5.91 Å². The zero-order chi connectivity index (χ0) is 11.4. The molecule has 0 saturated carbocycles. The van der Waals surface area contributed by atoms with Crippen molar-refractivity contribution in [3.63, 3.8) is 0 Å². The van der Waals surface area contributed by atoms with Crippen LogP contribution < -0.4 is 5.32 Å². The van der Waals surface area contributed by atoms with E-state index < -0.39 is 0 Å². The topological polar surface area (TPSA) is 44.9 Å². The number of aromatic nitrogens is 1. The van der Waals surface area contributed by atoms with E-state index in [1.165, 1.54) is 0 Å². The Balaban J connectivity index is 1.98. The van der Waals surface area contributed by atoms with Crippen LogP contribution in [0.1, 0.15) is 21.5 Å². The lowest BCUT2D eigenvalue weighted by Crippen LogP contribution is -2.22. The quantitative estimate of drug-likeness (QED) is 0.808. The summed E-state index contributed by atoms with van der Waals surface area (Å²) < 4.78 is 0. The van der Waals surface area contributed by atoms with Gasteiger partial charge in [0.15, 0.2) is 0 Å². The molecule has 0 saturated heterocycles. The number of carbonyl (C=O) groups is 1. The minimum Gasteiger partial charge on any atom is -0.367 e. The highest BCUT2D eigenvalue weighted by Crippen LogP contribution is 2.04. The molecule has 1 heterocycles. The van der Waals surface area contributed by atoms with Crippen molar-refractivity contribution in [1.29, 1.82) is 0 Å². The lowest BCUT2D eigenvalue weighted by atomic mass is 10.1. The van der Waals surface area contributed by atoms with Gasteiger partial charge in [-0.05, 0) is 30.7 Å². The number of aryl methyl sites for hydroxylation is 1. The molecule has 2 rings (SSSR count). The first-order valence-electron chi connectivity index (χ1n) is 5.22. The van der Waals surface area contributed by atoms with E-state index in [2.05, 4.69) is 10.3 Å². The normalized spacial score (nSPS) is 10.1. The van der Waals surface area contributed by atoms with Crippen molar-refractivity contribution in [2.75, 3.05) is 0 Å². The molecule has 0 bridgehead atoms. The molecule has 1 amide bonds. The fourth-order valence-electron chi connectivity index (χ4n) is 1.54. The predicted molar refractivity (Wildman–Crippen MR) is 63.1 cm³/mol. The highest BCUT2D eigenvalue weighted by molar-refractivity contribution is 5.94. The van der Waals surface area contributed by atoms with Crippen molar-refractivity contribution in [2.24, 2.45) is 0 Å². The number of hydrogen-bond acceptors (Lipinski definition) is 1. The molecule has 0 radical (unpaired) electrons. The fraction of sp³-hybridized carbons (Fsp3) is 0.154. The average molecular weight is 214 g/mol. The minimum atomic E-state index is -0.0371. The summed E-state index contributed by atoms with van der Waals surface area (Å²) in [4.78, 5) is 14.7. The molecule has 3 heteroatoms. The molecule has 0 spiro atoms. The van der Waals surface area contributed by atoms with Gasteiger partial charge in [-0.2, -0.15) is 0 Å². The summed E-state index contributed by atoms with van der Waals surface area (Å²) in [5, 5.41) is 2.87. The maximum Gasteiger partial charge on any atom is 0.251 e. The van der Waals surface area contributed by atoms with Crippen LogP contribution in [0.3, 0.4) is 0 Å². The summed E-state index contributed by atoms with van der Waals surface area (Å²) in [6.07, 6.45) is 3.71. The number of amides is 1. The van der Waals surface area contributed by atoms with E-state index in [1.54, 1.807) is 0 Å². The van der Waals surface area contributed by atoms with Crippen LogP contribution in [0, 0.1) is 6.92 Å². The third kappa shape index (κ3) is 2.51. The maximum absolute atomic E-state index is 11.8. The highest BCUT2D eigenvalue weighted by Gasteiger charge is 2.04. The van der Waals surface area contributed by atoms with E-state index in [4.69, 9.17) is 0 Å². The predicted octanol–water partition coefficient (Wildman–Crippen LogP) is 2.25. The molecule has 0 aliphatic heterocycles. The first kappa shape index (κ1) is 10.5. The molecule has 0 aliphatic carbocycles. The molecule has 0 atom stereocenters. The van der Waals surface area contributed by atoms with E-state index in [0.717, 1.165) is 11.1 Å². The summed E-state index contributed by atoms with van der Waals surface area (Å²) in [5.74, 6) is -0.0371. The number of nitrogens with one attached hydrogen (secondary N) is 2. The van der Waals surface area contributed by atoms with Gasteiger partial charge in [-0.3, -0.25) is 4.79 Å². The van der Waals surface area contributed by atoms with Crippen LogP contribution >= 0.6 is 0 Å². The van der Waals surface area contributed by atoms with Gasteiger partial charge in [0.2, 0.25) is 0 Å². The first-order chi connectivity index (χ1) is 7.75. The Morgan fingerprint density at radius 2 is 2.25 bits per heavy atom. The SMILES string of the molecule is Cc1cccc(C(=O)NCc2cc[nH]c2)c1. The molecule has 0 unspecified atom stereocenters. The Hall–Kier alpha value is -2.03. The van der Waals surface area contributed by atoms with E-state index in [0.29, 0.717) is 12.1 Å². The first-order valence-corrected chi connectivity index (χ1v) is 5.22. The summed E-state index contributed by atoms with van der Waals surface area (Å²) >= 11 is 0. The van der Waals surface area contributed by atoms with E-state index in [1.807, 2.05) is 49.6 Å². The molecular formula is C13H14N2O. The van der Waals surface area contributed by atoms with Crippen molar-refractivity contribution in [3.8, 4) is 0 Å². The van der Waals surface area contributed by atoms with Crippen molar-refractivity contribution < 1.29 is 4.79 Å². The Bertz CT molecular complexity index is 474. The van der Waals surface area contributed by atoms with Crippen LogP contribution in [0.5, 0.6) is 0 Å². The lowest BCUT2D eigenvalue weighted by Gasteiger charge is -2.04. The molecule has 3 nitrogen and oxygen atoms in total. The maximum atomic E-state index is 11.8. The molecule has 16 heavy (non-hydrogen) atoms. The van der Waals surface area contributed by atoms with Crippen LogP contribution in [0.15, 0.2) is 42.7 Å². The Morgan fingerprint density at radius 3 is 2.94 bits per heavy atom. The molecule has 0 aliphatic rings. The molecule has 1 aromatic heterocycles. The largest absolute Gasteiger partial charge is 0.367 e. The van der Waals surface area contributed by atoms with Gasteiger partial charge in [0.1, 0.15) is 0 Å². The van der Waals surface area contributed by atoms with Crippen LogP contribution in [0.4, 0.5) is 0 Å². The second-order valence-corrected chi connectivity index (χ2v) is 3.77. The van der Waals surface area contributed by atoms with Gasteiger partial charge >= 0.3 is 0 Å². The van der Waals surface area contributed by atoms with Gasteiger partial charge in [-0.15, -0.1) is 0 Å². The van der Waals surface area contributed by atoms with E-state index in [9.17, 15) is 4.79 Å². The Morgan fingerprint density at radius 1 is 1.38 bits per heavy atom. The lowest BCUT2D eigenvalue weighted by molar-refractivity contribution is 0.0951. The zero-order valence-corrected chi connectivity index (χ0v) is 9.16. The van der Waals surface area contributed by atoms with Crippen molar-refractivity contribution in [3.05, 3.63) is 59.4 Å². The number of benzene rings is 1. The van der Waals surface area contributed by atoms with Gasteiger partial charge < -0.3 is 10.3 Å². The summed E-state index contributed by atoms with van der Waals surface area (Å²) in [6.45, 7) is 2.53. The van der Waals surface area contributed by atoms with Crippen molar-refractivity contribution in [2.45, 2.75) is 13.5 Å². The van der Waals surface area contributed by atoms with E-state index >= 15 is 0 Å². The van der Waals surface area contributed by atoms with Crippen LogP contribution in [0.2, 0.25) is 0 Å². The summed E-state index contributed by atoms with van der Waals surface area (Å²) in [7, 11) is 0. The van der Waals surface area contributed by atoms with Gasteiger partial charge in [0, 0.05) is 24.5 Å². The second-order valence-electron chi connectivity index (χ2n) is 3.77. The van der Waals surface area contributed by atoms with Crippen LogP contribution in [-0.4, -0.2) is 10.9 Å². The summed E-state index contributed by atoms with van der Waals surface area (Å²) in [6, 6.07) is 9.51. The Labute approximate surface area is 94.5 Å². The molecule has 0 fully saturated rings. The van der Waals surface area contributed by atoms with Gasteiger partial charge in [0.05, 0.1) is 0 Å². The number of H-pyrrole nitrogens is 1. The molecule has 82 valence electrons.